The summed E-state index contributed by atoms with van der Waals surface area (Å²) in [5.74, 6) is 0.823. The molecule has 1 radical (unpaired) electrons. The molecule has 1 saturated carbocycles. The van der Waals surface area contributed by atoms with Gasteiger partial charge in [0.25, 0.3) is 0 Å². The van der Waals surface area contributed by atoms with E-state index in [0.29, 0.717) is 29.8 Å². The molecule has 1 fully saturated rings. The molecule has 2 aromatic carbocycles. The van der Waals surface area contributed by atoms with E-state index in [1.54, 1.807) is 16.4 Å². The maximum absolute atomic E-state index is 13.4. The van der Waals surface area contributed by atoms with Crippen LogP contribution < -0.4 is 0 Å². The molecule has 0 aliphatic heterocycles. The molecule has 0 aromatic heterocycles. The Morgan fingerprint density at radius 3 is 2.19 bits per heavy atom. The lowest BCUT2D eigenvalue weighted by atomic mass is 9.89. The second kappa shape index (κ2) is 9.03. The number of benzene rings is 2. The molecule has 3 rings (SSSR count). The summed E-state index contributed by atoms with van der Waals surface area (Å²) in [5.41, 5.74) is 2.19. The monoisotopic (exact) mass is 384 g/mol. The number of rotatable bonds is 7. The molecule has 1 aliphatic rings. The van der Waals surface area contributed by atoms with Gasteiger partial charge in [-0.15, -0.1) is 0 Å². The molecule has 2 aromatic rings. The Morgan fingerprint density at radius 2 is 1.59 bits per heavy atom. The smallest absolute Gasteiger partial charge is 0.207 e. The van der Waals surface area contributed by atoms with Gasteiger partial charge in [-0.05, 0) is 67.2 Å². The highest BCUT2D eigenvalue weighted by Crippen LogP contribution is 2.28. The standard InChI is InChI=1S/C23H30NO2S/c1-19(2)22-13-15-23(16-14-22)27(25,26)24(17-20-9-5-3-6-10-20)18-21-11-7-4-8-12-21/h3-6,9-10,13-16,19,21H,7-8,11-12,17-18H2,1-2H3. The molecular formula is C23H30NO2S. The molecule has 0 saturated heterocycles. The fourth-order valence-corrected chi connectivity index (χ4v) is 5.18. The van der Waals surface area contributed by atoms with E-state index >= 15 is 0 Å². The first kappa shape index (κ1) is 20.1. The maximum Gasteiger partial charge on any atom is 0.243 e. The van der Waals surface area contributed by atoms with E-state index in [4.69, 9.17) is 0 Å². The van der Waals surface area contributed by atoms with E-state index < -0.39 is 10.0 Å². The molecule has 1 aliphatic carbocycles. The van der Waals surface area contributed by atoms with Gasteiger partial charge in [-0.3, -0.25) is 0 Å². The number of hydrogen-bond acceptors (Lipinski definition) is 2. The minimum atomic E-state index is -3.52. The minimum absolute atomic E-state index is 0.390. The molecule has 0 amide bonds. The van der Waals surface area contributed by atoms with Gasteiger partial charge in [0.05, 0.1) is 4.90 Å². The van der Waals surface area contributed by atoms with Crippen LogP contribution in [0.2, 0.25) is 0 Å². The summed E-state index contributed by atoms with van der Waals surface area (Å²) in [6.07, 6.45) is 6.65. The second-order valence-electron chi connectivity index (χ2n) is 7.82. The van der Waals surface area contributed by atoms with Crippen molar-refractivity contribution in [1.29, 1.82) is 0 Å². The predicted octanol–water partition coefficient (Wildman–Crippen LogP) is 5.40. The second-order valence-corrected chi connectivity index (χ2v) is 9.75. The summed E-state index contributed by atoms with van der Waals surface area (Å²) < 4.78 is 28.5. The molecule has 0 heterocycles. The van der Waals surface area contributed by atoms with Crippen LogP contribution >= 0.6 is 0 Å². The van der Waals surface area contributed by atoms with Crippen LogP contribution in [-0.2, 0) is 16.6 Å². The Morgan fingerprint density at radius 1 is 0.963 bits per heavy atom. The van der Waals surface area contributed by atoms with Crippen LogP contribution in [0.4, 0.5) is 0 Å². The van der Waals surface area contributed by atoms with Crippen molar-refractivity contribution >= 4 is 10.0 Å². The summed E-state index contributed by atoms with van der Waals surface area (Å²) in [6.45, 7) is 5.25. The molecular weight excluding hydrogens is 354 g/mol. The highest BCUT2D eigenvalue weighted by molar-refractivity contribution is 7.89. The van der Waals surface area contributed by atoms with Crippen molar-refractivity contribution in [2.75, 3.05) is 6.54 Å². The van der Waals surface area contributed by atoms with Crippen molar-refractivity contribution in [3.05, 3.63) is 72.1 Å². The summed E-state index contributed by atoms with van der Waals surface area (Å²) in [6, 6.07) is 17.3. The summed E-state index contributed by atoms with van der Waals surface area (Å²) >= 11 is 0. The van der Waals surface area contributed by atoms with Crippen LogP contribution in [0.25, 0.3) is 0 Å². The van der Waals surface area contributed by atoms with Crippen LogP contribution in [0, 0.1) is 12.3 Å². The normalized spacial score (nSPS) is 16.1. The average Bonchev–Trinajstić information content (AvgIpc) is 2.69. The zero-order valence-corrected chi connectivity index (χ0v) is 17.2. The van der Waals surface area contributed by atoms with Crippen molar-refractivity contribution in [3.8, 4) is 0 Å². The molecule has 0 unspecified atom stereocenters. The summed E-state index contributed by atoms with van der Waals surface area (Å²) in [4.78, 5) is 0.394. The Balaban J connectivity index is 1.86. The number of hydrogen-bond donors (Lipinski definition) is 0. The molecule has 0 bridgehead atoms. The molecule has 0 spiro atoms. The van der Waals surface area contributed by atoms with E-state index in [-0.39, 0.29) is 0 Å². The Hall–Kier alpha value is -1.65. The van der Waals surface area contributed by atoms with Gasteiger partial charge in [-0.1, -0.05) is 56.3 Å². The van der Waals surface area contributed by atoms with Crippen molar-refractivity contribution < 1.29 is 8.42 Å². The van der Waals surface area contributed by atoms with Crippen LogP contribution in [0.1, 0.15) is 56.6 Å². The first-order chi connectivity index (χ1) is 13.0. The predicted molar refractivity (Wildman–Crippen MR) is 111 cm³/mol. The van der Waals surface area contributed by atoms with Crippen LogP contribution in [0.15, 0.2) is 59.5 Å². The van der Waals surface area contributed by atoms with Crippen LogP contribution in [0.5, 0.6) is 0 Å². The van der Waals surface area contributed by atoms with Crippen molar-refractivity contribution in [2.24, 2.45) is 5.92 Å². The van der Waals surface area contributed by atoms with E-state index in [2.05, 4.69) is 20.3 Å². The molecule has 27 heavy (non-hydrogen) atoms. The third-order valence-electron chi connectivity index (χ3n) is 5.41. The Kier molecular flexibility index (Phi) is 6.72. The van der Waals surface area contributed by atoms with Gasteiger partial charge in [0.2, 0.25) is 10.0 Å². The molecule has 3 nitrogen and oxygen atoms in total. The summed E-state index contributed by atoms with van der Waals surface area (Å²) in [7, 11) is -3.52. The van der Waals surface area contributed by atoms with Crippen molar-refractivity contribution in [1.82, 2.24) is 4.31 Å². The van der Waals surface area contributed by atoms with Gasteiger partial charge in [0, 0.05) is 13.1 Å². The van der Waals surface area contributed by atoms with Crippen molar-refractivity contribution in [2.45, 2.75) is 56.9 Å². The Labute approximate surface area is 164 Å². The van der Waals surface area contributed by atoms with Gasteiger partial charge in [-0.2, -0.15) is 4.31 Å². The first-order valence-corrected chi connectivity index (χ1v) is 11.4. The fraction of sp³-hybridized carbons (Fsp3) is 0.435. The van der Waals surface area contributed by atoms with E-state index in [1.807, 2.05) is 42.5 Å². The number of nitrogens with zero attached hydrogens (tertiary/aromatic N) is 1. The highest BCUT2D eigenvalue weighted by atomic mass is 32.2. The van der Waals surface area contributed by atoms with Gasteiger partial charge in [-0.25, -0.2) is 8.42 Å². The van der Waals surface area contributed by atoms with Gasteiger partial charge in [0.1, 0.15) is 0 Å². The third-order valence-corrected chi connectivity index (χ3v) is 7.23. The van der Waals surface area contributed by atoms with Gasteiger partial charge in [0.15, 0.2) is 0 Å². The molecule has 4 heteroatoms. The van der Waals surface area contributed by atoms with Gasteiger partial charge >= 0.3 is 0 Å². The zero-order chi connectivity index (χ0) is 19.3. The highest BCUT2D eigenvalue weighted by Gasteiger charge is 2.28. The largest absolute Gasteiger partial charge is 0.243 e. The molecule has 145 valence electrons. The lowest BCUT2D eigenvalue weighted by molar-refractivity contribution is 0.295. The van der Waals surface area contributed by atoms with Crippen molar-refractivity contribution in [3.63, 3.8) is 0 Å². The fourth-order valence-electron chi connectivity index (χ4n) is 3.67. The molecule has 0 atom stereocenters. The average molecular weight is 385 g/mol. The van der Waals surface area contributed by atoms with Gasteiger partial charge < -0.3 is 0 Å². The van der Waals surface area contributed by atoms with Crippen LogP contribution in [-0.4, -0.2) is 19.3 Å². The molecule has 0 N–H and O–H groups in total. The maximum atomic E-state index is 13.4. The topological polar surface area (TPSA) is 37.4 Å². The van der Waals surface area contributed by atoms with E-state index in [1.165, 1.54) is 0 Å². The lowest BCUT2D eigenvalue weighted by Gasteiger charge is -2.29. The Bertz CT molecular complexity index is 807. The van der Waals surface area contributed by atoms with E-state index in [0.717, 1.165) is 36.8 Å². The third kappa shape index (κ3) is 5.20. The van der Waals surface area contributed by atoms with Crippen LogP contribution in [0.3, 0.4) is 0 Å². The zero-order valence-electron chi connectivity index (χ0n) is 16.3. The minimum Gasteiger partial charge on any atom is -0.207 e. The summed E-state index contributed by atoms with van der Waals surface area (Å²) in [5, 5.41) is 0. The SMILES string of the molecule is CC(C)c1ccc(S(=O)(=O)N(Cc2ccccc2)CC2CC[CH]CC2)cc1. The quantitative estimate of drug-likeness (QED) is 0.641. The van der Waals surface area contributed by atoms with E-state index in [9.17, 15) is 8.42 Å². The lowest BCUT2D eigenvalue weighted by Crippen LogP contribution is -2.35. The number of sulfonamides is 1. The first-order valence-electron chi connectivity index (χ1n) is 9.92.